The lowest BCUT2D eigenvalue weighted by Gasteiger charge is -2.25. The number of hydrogen-bond acceptors (Lipinski definition) is 8. The summed E-state index contributed by atoms with van der Waals surface area (Å²) in [5.74, 6) is -0.403. The molecule has 0 aliphatic carbocycles. The molecule has 0 amide bonds. The van der Waals surface area contributed by atoms with Gasteiger partial charge in [0.15, 0.2) is 11.5 Å². The van der Waals surface area contributed by atoms with Crippen molar-refractivity contribution < 1.29 is 19.4 Å². The Kier molecular flexibility index (Phi) is 5.14. The van der Waals surface area contributed by atoms with Crippen LogP contribution in [0.5, 0.6) is 0 Å². The zero-order chi connectivity index (χ0) is 25.1. The number of aryl methyl sites for hydroxylation is 1. The number of ether oxygens (including phenoxy) is 2. The van der Waals surface area contributed by atoms with E-state index >= 15 is 0 Å². The van der Waals surface area contributed by atoms with Crippen LogP contribution < -0.4 is 10.2 Å². The Labute approximate surface area is 208 Å². The highest BCUT2D eigenvalue weighted by Gasteiger charge is 2.65. The van der Waals surface area contributed by atoms with Crippen molar-refractivity contribution in [3.05, 3.63) is 58.8 Å². The SMILES string of the molecule is Cc1cc([C@@H](C)Nc2ccccc2C(=O)O)c2nc(N3CC45COCC4(COC5)C3)c(C#N)nc2c1. The lowest BCUT2D eigenvalue weighted by atomic mass is 9.71. The molecule has 3 aliphatic rings. The third-order valence-electron chi connectivity index (χ3n) is 7.95. The van der Waals surface area contributed by atoms with Crippen LogP contribution in [-0.2, 0) is 9.47 Å². The van der Waals surface area contributed by atoms with Crippen molar-refractivity contribution >= 4 is 28.5 Å². The van der Waals surface area contributed by atoms with Crippen molar-refractivity contribution in [2.24, 2.45) is 10.8 Å². The summed E-state index contributed by atoms with van der Waals surface area (Å²) in [6.07, 6.45) is 0. The molecular weight excluding hydrogens is 458 g/mol. The maximum atomic E-state index is 11.7. The van der Waals surface area contributed by atoms with E-state index in [-0.39, 0.29) is 22.4 Å². The monoisotopic (exact) mass is 485 g/mol. The molecule has 9 heteroatoms. The van der Waals surface area contributed by atoms with Crippen LogP contribution in [0.4, 0.5) is 11.5 Å². The van der Waals surface area contributed by atoms with Crippen molar-refractivity contribution in [3.8, 4) is 6.07 Å². The number of anilines is 2. The van der Waals surface area contributed by atoms with Crippen LogP contribution in [0.3, 0.4) is 0 Å². The number of benzene rings is 2. The fraction of sp³-hybridized carbons (Fsp3) is 0.407. The number of para-hydroxylation sites is 1. The Balaban J connectivity index is 1.42. The Morgan fingerprint density at radius 2 is 1.81 bits per heavy atom. The number of fused-ring (bicyclic) bond motifs is 1. The largest absolute Gasteiger partial charge is 0.478 e. The highest BCUT2D eigenvalue weighted by Crippen LogP contribution is 2.55. The van der Waals surface area contributed by atoms with Crippen LogP contribution in [0.15, 0.2) is 36.4 Å². The fourth-order valence-corrected chi connectivity index (χ4v) is 6.09. The summed E-state index contributed by atoms with van der Waals surface area (Å²) >= 11 is 0. The third-order valence-corrected chi connectivity index (χ3v) is 7.95. The predicted molar refractivity (Wildman–Crippen MR) is 133 cm³/mol. The number of nitriles is 1. The van der Waals surface area contributed by atoms with E-state index in [2.05, 4.69) is 16.3 Å². The molecule has 6 rings (SSSR count). The molecule has 1 atom stereocenters. The molecule has 0 radical (unpaired) electrons. The topological polar surface area (TPSA) is 121 Å². The molecule has 0 unspecified atom stereocenters. The summed E-state index contributed by atoms with van der Waals surface area (Å²) in [6, 6.07) is 12.8. The molecule has 3 aliphatic heterocycles. The van der Waals surface area contributed by atoms with E-state index in [1.54, 1.807) is 24.3 Å². The summed E-state index contributed by atoms with van der Waals surface area (Å²) in [4.78, 5) is 23.7. The standard InChI is InChI=1S/C27H27N5O4/c1-16-7-19(17(2)29-20-6-4-3-5-18(20)25(33)34)23-21(8-16)30-22(9-28)24(31-23)32-10-26-12-35-14-27(26,11-32)15-36-13-26/h3-8,17,29H,10-15H2,1-2H3,(H,33,34)/t17-,26?,27?/m1/s1. The van der Waals surface area contributed by atoms with Gasteiger partial charge in [0.05, 0.1) is 49.1 Å². The lowest BCUT2D eigenvalue weighted by Crippen LogP contribution is -2.38. The Hall–Kier alpha value is -3.74. The first-order chi connectivity index (χ1) is 17.3. The van der Waals surface area contributed by atoms with Crippen molar-refractivity contribution in [1.29, 1.82) is 5.26 Å². The van der Waals surface area contributed by atoms with Crippen molar-refractivity contribution in [2.75, 3.05) is 49.7 Å². The van der Waals surface area contributed by atoms with Crippen molar-refractivity contribution in [1.82, 2.24) is 9.97 Å². The average Bonchev–Trinajstić information content (AvgIpc) is 3.46. The minimum Gasteiger partial charge on any atom is -0.478 e. The van der Waals surface area contributed by atoms with Crippen LogP contribution >= 0.6 is 0 Å². The van der Waals surface area contributed by atoms with Crippen LogP contribution in [0.1, 0.15) is 40.1 Å². The molecule has 3 aromatic rings. The Morgan fingerprint density at radius 3 is 2.44 bits per heavy atom. The second kappa shape index (κ2) is 8.15. The van der Waals surface area contributed by atoms with E-state index < -0.39 is 5.97 Å². The minimum atomic E-state index is -0.989. The number of carboxylic acids is 1. The van der Waals surface area contributed by atoms with Gasteiger partial charge in [-0.25, -0.2) is 14.8 Å². The van der Waals surface area contributed by atoms with Gasteiger partial charge < -0.3 is 24.8 Å². The smallest absolute Gasteiger partial charge is 0.337 e. The van der Waals surface area contributed by atoms with Gasteiger partial charge in [-0.1, -0.05) is 18.2 Å². The predicted octanol–water partition coefficient (Wildman–Crippen LogP) is 3.53. The number of rotatable bonds is 5. The van der Waals surface area contributed by atoms with Gasteiger partial charge in [0.25, 0.3) is 0 Å². The Bertz CT molecular complexity index is 1400. The molecule has 36 heavy (non-hydrogen) atoms. The maximum absolute atomic E-state index is 11.7. The number of nitrogens with one attached hydrogen (secondary N) is 1. The first kappa shape index (κ1) is 22.7. The number of hydrogen-bond donors (Lipinski definition) is 2. The molecule has 0 spiro atoms. The van der Waals surface area contributed by atoms with Gasteiger partial charge in [-0.15, -0.1) is 0 Å². The lowest BCUT2D eigenvalue weighted by molar-refractivity contribution is 0.0697. The quantitative estimate of drug-likeness (QED) is 0.559. The van der Waals surface area contributed by atoms with Gasteiger partial charge in [0, 0.05) is 35.2 Å². The third kappa shape index (κ3) is 3.33. The van der Waals surface area contributed by atoms with Gasteiger partial charge in [0.1, 0.15) is 6.07 Å². The summed E-state index contributed by atoms with van der Waals surface area (Å²) in [6.45, 7) is 7.99. The molecule has 9 nitrogen and oxygen atoms in total. The molecule has 4 heterocycles. The first-order valence-electron chi connectivity index (χ1n) is 12.1. The second-order valence-electron chi connectivity index (χ2n) is 10.3. The maximum Gasteiger partial charge on any atom is 0.337 e. The molecule has 2 aromatic carbocycles. The number of carbonyl (C=O) groups is 1. The summed E-state index contributed by atoms with van der Waals surface area (Å²) < 4.78 is 11.7. The van der Waals surface area contributed by atoms with Gasteiger partial charge in [-0.2, -0.15) is 5.26 Å². The number of nitrogens with zero attached hydrogens (tertiary/aromatic N) is 4. The Morgan fingerprint density at radius 1 is 1.14 bits per heavy atom. The van der Waals surface area contributed by atoms with Crippen LogP contribution in [0.25, 0.3) is 11.0 Å². The van der Waals surface area contributed by atoms with E-state index in [0.717, 1.165) is 11.1 Å². The number of aromatic nitrogens is 2. The van der Waals surface area contributed by atoms with E-state index in [1.807, 2.05) is 26.0 Å². The van der Waals surface area contributed by atoms with Crippen molar-refractivity contribution in [2.45, 2.75) is 19.9 Å². The van der Waals surface area contributed by atoms with E-state index in [0.29, 0.717) is 67.7 Å². The fourth-order valence-electron chi connectivity index (χ4n) is 6.09. The van der Waals surface area contributed by atoms with Crippen molar-refractivity contribution in [3.63, 3.8) is 0 Å². The van der Waals surface area contributed by atoms with Gasteiger partial charge in [-0.3, -0.25) is 0 Å². The molecule has 0 bridgehead atoms. The molecule has 184 valence electrons. The van der Waals surface area contributed by atoms with Crippen LogP contribution in [-0.4, -0.2) is 60.6 Å². The summed E-state index contributed by atoms with van der Waals surface area (Å²) in [7, 11) is 0. The average molecular weight is 486 g/mol. The molecule has 3 fully saturated rings. The highest BCUT2D eigenvalue weighted by atomic mass is 16.5. The van der Waals surface area contributed by atoms with E-state index in [9.17, 15) is 15.2 Å². The van der Waals surface area contributed by atoms with E-state index in [1.165, 1.54) is 0 Å². The van der Waals surface area contributed by atoms with Gasteiger partial charge in [-0.05, 0) is 37.6 Å². The van der Waals surface area contributed by atoms with Gasteiger partial charge in [0.2, 0.25) is 0 Å². The number of aromatic carboxylic acids is 1. The minimum absolute atomic E-state index is 0.0815. The van der Waals surface area contributed by atoms with Gasteiger partial charge >= 0.3 is 5.97 Å². The summed E-state index contributed by atoms with van der Waals surface area (Å²) in [5, 5.41) is 22.9. The molecule has 3 saturated heterocycles. The molecule has 1 aromatic heterocycles. The molecule has 0 saturated carbocycles. The normalized spacial score (nSPS) is 25.4. The first-order valence-corrected chi connectivity index (χ1v) is 12.1. The second-order valence-corrected chi connectivity index (χ2v) is 10.3. The zero-order valence-electron chi connectivity index (χ0n) is 20.2. The zero-order valence-corrected chi connectivity index (χ0v) is 20.2. The van der Waals surface area contributed by atoms with E-state index in [4.69, 9.17) is 19.4 Å². The van der Waals surface area contributed by atoms with Crippen LogP contribution in [0.2, 0.25) is 0 Å². The molecular formula is C27H27N5O4. The van der Waals surface area contributed by atoms with Crippen LogP contribution in [0, 0.1) is 29.1 Å². The number of carboxylic acid groups (broad SMARTS) is 1. The highest BCUT2D eigenvalue weighted by molar-refractivity contribution is 5.94. The molecule has 2 N–H and O–H groups in total. The summed E-state index contributed by atoms with van der Waals surface area (Å²) in [5.41, 5.74) is 4.12.